The molecule has 0 bridgehead atoms. The average molecular weight is 237 g/mol. The molecule has 17 heavy (non-hydrogen) atoms. The predicted octanol–water partition coefficient (Wildman–Crippen LogP) is 2.30. The van der Waals surface area contributed by atoms with Crippen LogP contribution >= 0.6 is 0 Å². The second-order valence-corrected chi connectivity index (χ2v) is 5.50. The van der Waals surface area contributed by atoms with Crippen molar-refractivity contribution in [3.8, 4) is 0 Å². The van der Waals surface area contributed by atoms with Gasteiger partial charge in [0.15, 0.2) is 0 Å². The number of nitrogens with one attached hydrogen (secondary N) is 1. The van der Waals surface area contributed by atoms with Gasteiger partial charge in [-0.25, -0.2) is 4.98 Å². The monoisotopic (exact) mass is 237 g/mol. The molecule has 1 atom stereocenters. The Bertz CT molecular complexity index is 371. The molecule has 0 aliphatic carbocycles. The normalized spacial score (nSPS) is 13.5. The van der Waals surface area contributed by atoms with E-state index >= 15 is 0 Å². The first kappa shape index (κ1) is 13.9. The molecule has 0 aromatic carbocycles. The lowest BCUT2D eigenvalue weighted by molar-refractivity contribution is 0.235. The van der Waals surface area contributed by atoms with Crippen LogP contribution in [0.3, 0.4) is 0 Å². The van der Waals surface area contributed by atoms with Crippen molar-refractivity contribution in [3.05, 3.63) is 17.6 Å². The number of aliphatic hydroxyl groups excluding tert-OH is 1. The molecule has 1 heterocycles. The van der Waals surface area contributed by atoms with Crippen molar-refractivity contribution in [1.82, 2.24) is 9.97 Å². The topological polar surface area (TPSA) is 58.0 Å². The molecule has 1 aromatic heterocycles. The van der Waals surface area contributed by atoms with E-state index in [0.29, 0.717) is 6.42 Å². The average Bonchev–Trinajstić information content (AvgIpc) is 2.21. The minimum Gasteiger partial charge on any atom is -0.396 e. The summed E-state index contributed by atoms with van der Waals surface area (Å²) in [5, 5.41) is 12.5. The number of aromatic nitrogens is 2. The van der Waals surface area contributed by atoms with Crippen molar-refractivity contribution in [3.63, 3.8) is 0 Å². The number of nitrogens with zero attached hydrogens (tertiary/aromatic N) is 2. The summed E-state index contributed by atoms with van der Waals surface area (Å²) in [4.78, 5) is 8.74. The van der Waals surface area contributed by atoms with Crippen LogP contribution in [0.25, 0.3) is 0 Å². The van der Waals surface area contributed by atoms with Gasteiger partial charge in [0.25, 0.3) is 0 Å². The zero-order valence-corrected chi connectivity index (χ0v) is 11.4. The fourth-order valence-electron chi connectivity index (χ4n) is 1.64. The Kier molecular flexibility index (Phi) is 4.46. The van der Waals surface area contributed by atoms with Gasteiger partial charge in [-0.2, -0.15) is 0 Å². The summed E-state index contributed by atoms with van der Waals surface area (Å²) in [6, 6.07) is 0.184. The Hall–Kier alpha value is -1.16. The van der Waals surface area contributed by atoms with Crippen molar-refractivity contribution in [2.45, 2.75) is 47.1 Å². The molecular formula is C13H23N3O. The molecular weight excluding hydrogens is 214 g/mol. The number of aliphatic hydroxyl groups is 1. The van der Waals surface area contributed by atoms with E-state index in [0.717, 1.165) is 17.2 Å². The molecule has 1 rings (SSSR count). The largest absolute Gasteiger partial charge is 0.396 e. The molecule has 0 aliphatic rings. The zero-order valence-electron chi connectivity index (χ0n) is 11.4. The van der Waals surface area contributed by atoms with Crippen LogP contribution in [0.4, 0.5) is 5.82 Å². The van der Waals surface area contributed by atoms with Crippen LogP contribution in [0, 0.1) is 19.3 Å². The molecule has 0 spiro atoms. The van der Waals surface area contributed by atoms with E-state index in [1.165, 1.54) is 0 Å². The number of aryl methyl sites for hydroxylation is 2. The summed E-state index contributed by atoms with van der Waals surface area (Å²) < 4.78 is 0. The first-order valence-corrected chi connectivity index (χ1v) is 6.02. The summed E-state index contributed by atoms with van der Waals surface area (Å²) in [6.07, 6.45) is 2.45. The van der Waals surface area contributed by atoms with Crippen molar-refractivity contribution < 1.29 is 5.11 Å². The summed E-state index contributed by atoms with van der Waals surface area (Å²) in [6.45, 7) is 10.5. The van der Waals surface area contributed by atoms with E-state index in [1.54, 1.807) is 6.20 Å². The summed E-state index contributed by atoms with van der Waals surface area (Å²) in [7, 11) is 0. The molecule has 0 fully saturated rings. The standard InChI is InChI=1S/C13H23N3O/c1-9-10(2)15-12(8-14-9)16-11(6-7-17)13(3,4)5/h8,11,17H,6-7H2,1-5H3,(H,15,16). The Morgan fingerprint density at radius 1 is 1.29 bits per heavy atom. The Balaban J connectivity index is 2.82. The molecule has 0 amide bonds. The minimum atomic E-state index is 0.0726. The maximum atomic E-state index is 9.10. The highest BCUT2D eigenvalue weighted by molar-refractivity contribution is 5.35. The number of hydrogen-bond donors (Lipinski definition) is 2. The Labute approximate surface area is 103 Å². The van der Waals surface area contributed by atoms with Crippen LogP contribution in [0.15, 0.2) is 6.20 Å². The van der Waals surface area contributed by atoms with E-state index in [2.05, 4.69) is 36.1 Å². The molecule has 1 aromatic rings. The van der Waals surface area contributed by atoms with Gasteiger partial charge in [0.1, 0.15) is 5.82 Å². The van der Waals surface area contributed by atoms with Crippen LogP contribution in [-0.2, 0) is 0 Å². The Morgan fingerprint density at radius 3 is 2.41 bits per heavy atom. The number of rotatable bonds is 4. The van der Waals surface area contributed by atoms with Crippen molar-refractivity contribution in [2.24, 2.45) is 5.41 Å². The van der Waals surface area contributed by atoms with E-state index in [-0.39, 0.29) is 18.1 Å². The fourth-order valence-corrected chi connectivity index (χ4v) is 1.64. The van der Waals surface area contributed by atoms with Gasteiger partial charge in [-0.15, -0.1) is 0 Å². The number of hydrogen-bond acceptors (Lipinski definition) is 4. The summed E-state index contributed by atoms with van der Waals surface area (Å²) in [5.74, 6) is 0.779. The molecule has 4 heteroatoms. The molecule has 0 aliphatic heterocycles. The third-order valence-corrected chi connectivity index (χ3v) is 2.98. The van der Waals surface area contributed by atoms with E-state index < -0.39 is 0 Å². The highest BCUT2D eigenvalue weighted by Crippen LogP contribution is 2.24. The predicted molar refractivity (Wildman–Crippen MR) is 70.1 cm³/mol. The maximum absolute atomic E-state index is 9.10. The molecule has 1 unspecified atom stereocenters. The first-order valence-electron chi connectivity index (χ1n) is 6.02. The van der Waals surface area contributed by atoms with Gasteiger partial charge in [0, 0.05) is 12.6 Å². The third-order valence-electron chi connectivity index (χ3n) is 2.98. The molecule has 2 N–H and O–H groups in total. The quantitative estimate of drug-likeness (QED) is 0.843. The van der Waals surface area contributed by atoms with Gasteiger partial charge in [-0.05, 0) is 25.7 Å². The van der Waals surface area contributed by atoms with Gasteiger partial charge in [0.2, 0.25) is 0 Å². The van der Waals surface area contributed by atoms with Gasteiger partial charge >= 0.3 is 0 Å². The molecule has 0 saturated heterocycles. The van der Waals surface area contributed by atoms with Crippen LogP contribution in [0.5, 0.6) is 0 Å². The SMILES string of the molecule is Cc1ncc(NC(CCO)C(C)(C)C)nc1C. The van der Waals surface area contributed by atoms with Crippen molar-refractivity contribution >= 4 is 5.82 Å². The molecule has 0 saturated carbocycles. The smallest absolute Gasteiger partial charge is 0.145 e. The van der Waals surface area contributed by atoms with Crippen LogP contribution < -0.4 is 5.32 Å². The minimum absolute atomic E-state index is 0.0726. The van der Waals surface area contributed by atoms with Crippen LogP contribution in [0.2, 0.25) is 0 Å². The Morgan fingerprint density at radius 2 is 1.94 bits per heavy atom. The van der Waals surface area contributed by atoms with Gasteiger partial charge in [-0.3, -0.25) is 4.98 Å². The van der Waals surface area contributed by atoms with Gasteiger partial charge < -0.3 is 10.4 Å². The maximum Gasteiger partial charge on any atom is 0.145 e. The third kappa shape index (κ3) is 3.97. The van der Waals surface area contributed by atoms with Gasteiger partial charge in [-0.1, -0.05) is 20.8 Å². The van der Waals surface area contributed by atoms with Crippen LogP contribution in [0.1, 0.15) is 38.6 Å². The van der Waals surface area contributed by atoms with Crippen molar-refractivity contribution in [2.75, 3.05) is 11.9 Å². The number of anilines is 1. The first-order chi connectivity index (χ1) is 7.84. The molecule has 96 valence electrons. The lowest BCUT2D eigenvalue weighted by Crippen LogP contribution is -2.35. The molecule has 0 radical (unpaired) electrons. The molecule has 4 nitrogen and oxygen atoms in total. The second-order valence-electron chi connectivity index (χ2n) is 5.50. The van der Waals surface area contributed by atoms with E-state index in [4.69, 9.17) is 5.11 Å². The fraction of sp³-hybridized carbons (Fsp3) is 0.692. The summed E-state index contributed by atoms with van der Waals surface area (Å²) >= 11 is 0. The lowest BCUT2D eigenvalue weighted by Gasteiger charge is -2.31. The van der Waals surface area contributed by atoms with E-state index in [1.807, 2.05) is 13.8 Å². The van der Waals surface area contributed by atoms with Crippen LogP contribution in [-0.4, -0.2) is 27.7 Å². The highest BCUT2D eigenvalue weighted by atomic mass is 16.3. The highest BCUT2D eigenvalue weighted by Gasteiger charge is 2.24. The van der Waals surface area contributed by atoms with Gasteiger partial charge in [0.05, 0.1) is 17.6 Å². The second kappa shape index (κ2) is 5.45. The summed E-state index contributed by atoms with van der Waals surface area (Å²) in [5.41, 5.74) is 1.96. The lowest BCUT2D eigenvalue weighted by atomic mass is 9.85. The zero-order chi connectivity index (χ0) is 13.1. The van der Waals surface area contributed by atoms with E-state index in [9.17, 15) is 0 Å². The van der Waals surface area contributed by atoms with Crippen molar-refractivity contribution in [1.29, 1.82) is 0 Å².